The van der Waals surface area contributed by atoms with Crippen LogP contribution >= 0.6 is 0 Å². The summed E-state index contributed by atoms with van der Waals surface area (Å²) in [5.74, 6) is 0. The zero-order chi connectivity index (χ0) is 41.0. The van der Waals surface area contributed by atoms with Gasteiger partial charge in [0.25, 0.3) is 0 Å². The Hall–Kier alpha value is -4.82. The van der Waals surface area contributed by atoms with Gasteiger partial charge < -0.3 is 8.83 Å². The van der Waals surface area contributed by atoms with Gasteiger partial charge >= 0.3 is 0 Å². The van der Waals surface area contributed by atoms with Crippen LogP contribution in [0.1, 0.15) is 27.4 Å². The molecule has 2 heterocycles. The van der Waals surface area contributed by atoms with E-state index in [2.05, 4.69) is 0 Å². The molecule has 36 heavy (non-hydrogen) atoms. The minimum atomic E-state index is -0.875. The third kappa shape index (κ3) is 2.67. The first kappa shape index (κ1) is 8.39. The second kappa shape index (κ2) is 7.34. The quantitative estimate of drug-likeness (QED) is 0.230. The van der Waals surface area contributed by atoms with Crippen LogP contribution in [0.5, 0.6) is 0 Å². The second-order valence-electron chi connectivity index (χ2n) is 7.79. The van der Waals surface area contributed by atoms with Crippen LogP contribution in [0.3, 0.4) is 0 Å². The Bertz CT molecular complexity index is 3090. The lowest BCUT2D eigenvalue weighted by Gasteiger charge is -2.17. The Kier molecular flexibility index (Phi) is 1.71. The third-order valence-electron chi connectivity index (χ3n) is 5.92. The molecule has 0 fully saturated rings. The van der Waals surface area contributed by atoms with Gasteiger partial charge in [-0.05, 0) is 74.0 Å². The van der Waals surface area contributed by atoms with Crippen molar-refractivity contribution in [2.24, 2.45) is 0 Å². The summed E-state index contributed by atoms with van der Waals surface area (Å²) in [6.45, 7) is 0. The van der Waals surface area contributed by atoms with E-state index < -0.39 is 176 Å². The molecular formula is C34H20O2. The predicted octanol–water partition coefficient (Wildman–Crippen LogP) is 9.97. The molecule has 0 saturated heterocycles. The number of hydrogen-bond acceptors (Lipinski definition) is 2. The first-order valence-corrected chi connectivity index (χ1v) is 10.6. The minimum absolute atomic E-state index is 0.240. The Labute approximate surface area is 235 Å². The van der Waals surface area contributed by atoms with E-state index >= 15 is 0 Å². The minimum Gasteiger partial charge on any atom is -0.464 e. The number of furan rings is 2. The van der Waals surface area contributed by atoms with Gasteiger partial charge in [-0.15, -0.1) is 0 Å². The van der Waals surface area contributed by atoms with E-state index in [0.717, 1.165) is 0 Å². The Balaban J connectivity index is 1.76. The van der Waals surface area contributed by atoms with E-state index in [4.69, 9.17) is 30.8 Å². The van der Waals surface area contributed by atoms with Gasteiger partial charge in [0.2, 0.25) is 0 Å². The van der Waals surface area contributed by atoms with Gasteiger partial charge in [0, 0.05) is 10.8 Å². The highest BCUT2D eigenvalue weighted by molar-refractivity contribution is 6.23. The summed E-state index contributed by atoms with van der Waals surface area (Å²) in [7, 11) is 0. The van der Waals surface area contributed by atoms with Gasteiger partial charge in [-0.2, -0.15) is 0 Å². The summed E-state index contributed by atoms with van der Waals surface area (Å²) < 4.78 is 186. The predicted molar refractivity (Wildman–Crippen MR) is 149 cm³/mol. The zero-order valence-corrected chi connectivity index (χ0v) is 17.8. The fourth-order valence-electron chi connectivity index (χ4n) is 4.46. The van der Waals surface area contributed by atoms with Crippen molar-refractivity contribution in [3.63, 3.8) is 0 Å². The normalized spacial score (nSPS) is 19.7. The van der Waals surface area contributed by atoms with Crippen LogP contribution in [0, 0.1) is 0 Å². The highest BCUT2D eigenvalue weighted by atomic mass is 16.3. The van der Waals surface area contributed by atoms with Crippen LogP contribution in [-0.2, 0) is 0 Å². The molecule has 0 unspecified atom stereocenters. The molecule has 8 aromatic rings. The topological polar surface area (TPSA) is 26.3 Å². The lowest BCUT2D eigenvalue weighted by atomic mass is 9.86. The lowest BCUT2D eigenvalue weighted by molar-refractivity contribution is 0.618. The Morgan fingerprint density at radius 3 is 1.81 bits per heavy atom. The molecule has 0 aliphatic heterocycles. The van der Waals surface area contributed by atoms with Crippen LogP contribution in [0.15, 0.2) is 130 Å². The molecule has 0 saturated carbocycles. The fourth-order valence-corrected chi connectivity index (χ4v) is 4.46. The molecule has 0 aliphatic rings. The largest absolute Gasteiger partial charge is 0.464 e. The van der Waals surface area contributed by atoms with Crippen molar-refractivity contribution in [2.75, 3.05) is 0 Å². The van der Waals surface area contributed by atoms with Crippen LogP contribution in [0.4, 0.5) is 0 Å². The van der Waals surface area contributed by atoms with Crippen molar-refractivity contribution in [3.05, 3.63) is 121 Å². The van der Waals surface area contributed by atoms with Crippen molar-refractivity contribution in [3.8, 4) is 22.3 Å². The van der Waals surface area contributed by atoms with E-state index in [1.807, 2.05) is 0 Å². The summed E-state index contributed by atoms with van der Waals surface area (Å²) in [5, 5.41) is -3.20. The van der Waals surface area contributed by atoms with Gasteiger partial charge in [0.05, 0.1) is 37.7 Å². The SMILES string of the molecule is [2H]c1oc2c(c1[2H])c([2H])c([2H])c1oc3c([2H])c([2H])c(-c4c5c([2H])c([2H])c([2H])c([2H])c5c(-c5c([2H])c([2H])c([2H])c([2H])c5[2H])c5c([2H])c([2H])c([2H])c([2H])c45)c([2H])c3c12. The first-order chi connectivity index (χ1) is 26.2. The van der Waals surface area contributed by atoms with E-state index in [0.29, 0.717) is 0 Å². The summed E-state index contributed by atoms with van der Waals surface area (Å²) in [6, 6.07) is -15.2. The van der Waals surface area contributed by atoms with E-state index in [-0.39, 0.29) is 21.7 Å². The molecule has 2 nitrogen and oxygen atoms in total. The number of rotatable bonds is 2. The van der Waals surface area contributed by atoms with Crippen molar-refractivity contribution in [1.82, 2.24) is 0 Å². The maximum Gasteiger partial charge on any atom is 0.145 e. The standard InChI is InChI=1S/C34H20O2/c1-2-8-21(9-3-1)31-24-10-4-6-12-26(24)32(27-13-7-5-11-25(27)31)23-15-16-29-28(20-23)33-30(36-29)17-14-22-18-19-35-34(22)33/h1-20H/i1D,2D,3D,4D,5D,6D,7D,8D,9D,10D,11D,12D,13D,14D,15D,16D,17D,18D,19D,20D. The van der Waals surface area contributed by atoms with Crippen molar-refractivity contribution in [2.45, 2.75) is 0 Å². The number of fused-ring (bicyclic) bond motifs is 7. The maximum atomic E-state index is 9.61. The van der Waals surface area contributed by atoms with Crippen molar-refractivity contribution in [1.29, 1.82) is 0 Å². The fraction of sp³-hybridized carbons (Fsp3) is 0. The van der Waals surface area contributed by atoms with E-state index in [1.165, 1.54) is 0 Å². The van der Waals surface area contributed by atoms with Gasteiger partial charge in [0.15, 0.2) is 0 Å². The van der Waals surface area contributed by atoms with E-state index in [9.17, 15) is 5.48 Å². The average Bonchev–Trinajstić information content (AvgIpc) is 3.71. The van der Waals surface area contributed by atoms with Crippen LogP contribution in [0.25, 0.3) is 76.7 Å². The van der Waals surface area contributed by atoms with Gasteiger partial charge in [-0.1, -0.05) is 84.6 Å². The van der Waals surface area contributed by atoms with Crippen LogP contribution in [-0.4, -0.2) is 0 Å². The molecular weight excluding hydrogens is 440 g/mol. The molecule has 0 spiro atoms. The third-order valence-corrected chi connectivity index (χ3v) is 5.92. The van der Waals surface area contributed by atoms with Gasteiger partial charge in [-0.3, -0.25) is 0 Å². The number of benzene rings is 6. The Morgan fingerprint density at radius 1 is 0.500 bits per heavy atom. The lowest BCUT2D eigenvalue weighted by Crippen LogP contribution is -1.90. The molecule has 0 radical (unpaired) electrons. The maximum absolute atomic E-state index is 9.61. The second-order valence-corrected chi connectivity index (χ2v) is 7.79. The Morgan fingerprint density at radius 2 is 1.11 bits per heavy atom. The molecule has 0 amide bonds. The van der Waals surface area contributed by atoms with Crippen LogP contribution < -0.4 is 0 Å². The summed E-state index contributed by atoms with van der Waals surface area (Å²) >= 11 is 0. The molecule has 168 valence electrons. The summed E-state index contributed by atoms with van der Waals surface area (Å²) in [4.78, 5) is 0. The zero-order valence-electron chi connectivity index (χ0n) is 37.8. The molecule has 0 atom stereocenters. The highest BCUT2D eigenvalue weighted by Crippen LogP contribution is 2.45. The van der Waals surface area contributed by atoms with E-state index in [1.54, 1.807) is 0 Å². The molecule has 6 aromatic carbocycles. The van der Waals surface area contributed by atoms with Gasteiger partial charge in [-0.25, -0.2) is 0 Å². The molecule has 8 rings (SSSR count). The highest BCUT2D eigenvalue weighted by Gasteiger charge is 2.18. The molecule has 2 heteroatoms. The first-order valence-electron chi connectivity index (χ1n) is 20.6. The molecule has 0 bridgehead atoms. The van der Waals surface area contributed by atoms with Crippen LogP contribution in [0.2, 0.25) is 0 Å². The van der Waals surface area contributed by atoms with Crippen molar-refractivity contribution >= 4 is 54.5 Å². The summed E-state index contributed by atoms with van der Waals surface area (Å²) in [5.41, 5.74) is -3.62. The van der Waals surface area contributed by atoms with Crippen molar-refractivity contribution < 1.29 is 36.2 Å². The average molecular weight is 481 g/mol. The number of hydrogen-bond donors (Lipinski definition) is 0. The monoisotopic (exact) mass is 480 g/mol. The molecule has 2 aromatic heterocycles. The van der Waals surface area contributed by atoms with Gasteiger partial charge in [0.1, 0.15) is 18.1 Å². The molecule has 0 aliphatic carbocycles. The molecule has 0 N–H and O–H groups in total. The smallest absolute Gasteiger partial charge is 0.145 e. The summed E-state index contributed by atoms with van der Waals surface area (Å²) in [6.07, 6.45) is -0.697.